The molecule has 0 bridgehead atoms. The summed E-state index contributed by atoms with van der Waals surface area (Å²) in [6, 6.07) is 4.59. The van der Waals surface area contributed by atoms with E-state index >= 15 is 0 Å². The minimum Gasteiger partial charge on any atom is -0.379 e. The van der Waals surface area contributed by atoms with E-state index in [4.69, 9.17) is 0 Å². The molecular formula is C13H18F3N3O2. The molecule has 0 aliphatic rings. The van der Waals surface area contributed by atoms with Crippen LogP contribution in [0.4, 0.5) is 30.2 Å². The molecule has 118 valence electrons. The molecule has 1 aromatic rings. The molecule has 0 heterocycles. The Kier molecular flexibility index (Phi) is 5.80. The highest BCUT2D eigenvalue weighted by atomic mass is 19.4. The molecule has 1 N–H and O–H groups in total. The third-order valence-electron chi connectivity index (χ3n) is 2.90. The summed E-state index contributed by atoms with van der Waals surface area (Å²) >= 11 is 0. The standard InChI is InChI=1S/C13H18F3N3O2/c1-3-8-17-10-5-4-6-11(12(10)19(20)21)18(2)9-7-13(14,15)16/h4-6,17H,3,7-9H2,1-2H3. The molecule has 21 heavy (non-hydrogen) atoms. The Balaban J connectivity index is 3.02. The van der Waals surface area contributed by atoms with Crippen LogP contribution in [0.1, 0.15) is 19.8 Å². The van der Waals surface area contributed by atoms with E-state index in [1.165, 1.54) is 18.0 Å². The fourth-order valence-electron chi connectivity index (χ4n) is 1.85. The third-order valence-corrected chi connectivity index (χ3v) is 2.90. The van der Waals surface area contributed by atoms with Crippen LogP contribution in [0.25, 0.3) is 0 Å². The maximum absolute atomic E-state index is 12.3. The van der Waals surface area contributed by atoms with E-state index in [2.05, 4.69) is 5.32 Å². The minimum atomic E-state index is -4.29. The summed E-state index contributed by atoms with van der Waals surface area (Å²) in [4.78, 5) is 11.9. The lowest BCUT2D eigenvalue weighted by Gasteiger charge is -2.21. The van der Waals surface area contributed by atoms with Gasteiger partial charge in [-0.1, -0.05) is 13.0 Å². The lowest BCUT2D eigenvalue weighted by Crippen LogP contribution is -2.25. The van der Waals surface area contributed by atoms with E-state index in [-0.39, 0.29) is 17.9 Å². The van der Waals surface area contributed by atoms with Gasteiger partial charge < -0.3 is 10.2 Å². The summed E-state index contributed by atoms with van der Waals surface area (Å²) in [5, 5.41) is 14.1. The third kappa shape index (κ3) is 5.13. The van der Waals surface area contributed by atoms with Gasteiger partial charge in [0.1, 0.15) is 11.4 Å². The number of hydrogen-bond acceptors (Lipinski definition) is 4. The number of halogens is 3. The molecule has 5 nitrogen and oxygen atoms in total. The molecule has 0 radical (unpaired) electrons. The van der Waals surface area contributed by atoms with Gasteiger partial charge in [0.05, 0.1) is 11.3 Å². The number of para-hydroxylation sites is 1. The van der Waals surface area contributed by atoms with Crippen molar-refractivity contribution < 1.29 is 18.1 Å². The van der Waals surface area contributed by atoms with Crippen LogP contribution in [0.5, 0.6) is 0 Å². The van der Waals surface area contributed by atoms with Crippen molar-refractivity contribution in [1.29, 1.82) is 0 Å². The highest BCUT2D eigenvalue weighted by molar-refractivity contribution is 5.76. The topological polar surface area (TPSA) is 58.4 Å². The number of anilines is 2. The van der Waals surface area contributed by atoms with Gasteiger partial charge in [0.25, 0.3) is 0 Å². The molecule has 0 spiro atoms. The Morgan fingerprint density at radius 1 is 1.38 bits per heavy atom. The molecule has 0 saturated heterocycles. The van der Waals surface area contributed by atoms with Crippen molar-refractivity contribution in [2.45, 2.75) is 25.9 Å². The van der Waals surface area contributed by atoms with Crippen molar-refractivity contribution in [3.8, 4) is 0 Å². The summed E-state index contributed by atoms with van der Waals surface area (Å²) in [6.07, 6.45) is -4.53. The summed E-state index contributed by atoms with van der Waals surface area (Å²) in [5.41, 5.74) is 0.291. The smallest absolute Gasteiger partial charge is 0.379 e. The van der Waals surface area contributed by atoms with Crippen molar-refractivity contribution in [2.75, 3.05) is 30.4 Å². The van der Waals surface area contributed by atoms with Crippen LogP contribution < -0.4 is 10.2 Å². The highest BCUT2D eigenvalue weighted by Crippen LogP contribution is 2.35. The van der Waals surface area contributed by atoms with Gasteiger partial charge >= 0.3 is 11.9 Å². The Bertz CT molecular complexity index is 492. The number of nitrogens with zero attached hydrogens (tertiary/aromatic N) is 2. The minimum absolute atomic E-state index is 0.172. The fraction of sp³-hybridized carbons (Fsp3) is 0.538. The molecule has 0 atom stereocenters. The van der Waals surface area contributed by atoms with Crippen molar-refractivity contribution >= 4 is 17.1 Å². The Morgan fingerprint density at radius 3 is 2.57 bits per heavy atom. The predicted octanol–water partition coefficient (Wildman–Crippen LogP) is 3.81. The zero-order valence-electron chi connectivity index (χ0n) is 11.9. The maximum Gasteiger partial charge on any atom is 0.390 e. The van der Waals surface area contributed by atoms with Gasteiger partial charge in [-0.3, -0.25) is 10.1 Å². The van der Waals surface area contributed by atoms with Gasteiger partial charge in [0, 0.05) is 20.1 Å². The molecule has 1 aromatic carbocycles. The first-order chi connectivity index (χ1) is 9.76. The first-order valence-electron chi connectivity index (χ1n) is 6.55. The van der Waals surface area contributed by atoms with Crippen molar-refractivity contribution in [3.05, 3.63) is 28.3 Å². The second kappa shape index (κ2) is 7.14. The van der Waals surface area contributed by atoms with Crippen molar-refractivity contribution in [3.63, 3.8) is 0 Å². The van der Waals surface area contributed by atoms with E-state index < -0.39 is 17.5 Å². The van der Waals surface area contributed by atoms with Gasteiger partial charge in [-0.15, -0.1) is 0 Å². The molecule has 0 amide bonds. The lowest BCUT2D eigenvalue weighted by atomic mass is 10.2. The number of alkyl halides is 3. The van der Waals surface area contributed by atoms with Crippen LogP contribution in [0.3, 0.4) is 0 Å². The molecule has 0 aromatic heterocycles. The Morgan fingerprint density at radius 2 is 2.05 bits per heavy atom. The summed E-state index contributed by atoms with van der Waals surface area (Å²) in [6.45, 7) is 2.14. The molecular weight excluding hydrogens is 287 g/mol. The van der Waals surface area contributed by atoms with Gasteiger partial charge in [-0.2, -0.15) is 13.2 Å². The maximum atomic E-state index is 12.3. The Hall–Kier alpha value is -1.99. The van der Waals surface area contributed by atoms with Gasteiger partial charge in [0.2, 0.25) is 0 Å². The van der Waals surface area contributed by atoms with E-state index in [1.54, 1.807) is 12.1 Å². The summed E-state index contributed by atoms with van der Waals surface area (Å²) < 4.78 is 36.8. The second-order valence-electron chi connectivity index (χ2n) is 4.64. The second-order valence-corrected chi connectivity index (χ2v) is 4.64. The molecule has 8 heteroatoms. The molecule has 0 saturated carbocycles. The first kappa shape index (κ1) is 17.1. The zero-order chi connectivity index (χ0) is 16.0. The van der Waals surface area contributed by atoms with Crippen LogP contribution in [0.15, 0.2) is 18.2 Å². The SMILES string of the molecule is CCCNc1cccc(N(C)CCC(F)(F)F)c1[N+](=O)[O-]. The Labute approximate surface area is 120 Å². The normalized spacial score (nSPS) is 11.3. The first-order valence-corrected chi connectivity index (χ1v) is 6.55. The van der Waals surface area contributed by atoms with Gasteiger partial charge in [-0.05, 0) is 18.6 Å². The predicted molar refractivity (Wildman–Crippen MR) is 75.8 cm³/mol. The lowest BCUT2D eigenvalue weighted by molar-refractivity contribution is -0.383. The largest absolute Gasteiger partial charge is 0.390 e. The highest BCUT2D eigenvalue weighted by Gasteiger charge is 2.29. The van der Waals surface area contributed by atoms with E-state index in [9.17, 15) is 23.3 Å². The summed E-state index contributed by atoms with van der Waals surface area (Å²) in [7, 11) is 1.41. The average Bonchev–Trinajstić information content (AvgIpc) is 2.40. The average molecular weight is 305 g/mol. The molecule has 0 unspecified atom stereocenters. The van der Waals surface area contributed by atoms with E-state index in [0.717, 1.165) is 6.42 Å². The van der Waals surface area contributed by atoms with Crippen LogP contribution >= 0.6 is 0 Å². The zero-order valence-corrected chi connectivity index (χ0v) is 11.9. The van der Waals surface area contributed by atoms with Crippen LogP contribution in [0, 0.1) is 10.1 Å². The molecule has 0 aliphatic heterocycles. The fourth-order valence-corrected chi connectivity index (χ4v) is 1.85. The van der Waals surface area contributed by atoms with Crippen LogP contribution in [-0.2, 0) is 0 Å². The van der Waals surface area contributed by atoms with Crippen molar-refractivity contribution in [1.82, 2.24) is 0 Å². The van der Waals surface area contributed by atoms with E-state index in [1.807, 2.05) is 6.92 Å². The molecule has 0 aliphatic carbocycles. The molecule has 0 fully saturated rings. The monoisotopic (exact) mass is 305 g/mol. The summed E-state index contributed by atoms with van der Waals surface area (Å²) in [5.74, 6) is 0. The quantitative estimate of drug-likeness (QED) is 0.615. The number of nitro benzene ring substituents is 1. The van der Waals surface area contributed by atoms with Crippen LogP contribution in [-0.4, -0.2) is 31.2 Å². The molecule has 1 rings (SSSR count). The van der Waals surface area contributed by atoms with E-state index in [0.29, 0.717) is 12.2 Å². The number of nitrogens with one attached hydrogen (secondary N) is 1. The van der Waals surface area contributed by atoms with Gasteiger partial charge in [0.15, 0.2) is 0 Å². The number of benzene rings is 1. The number of hydrogen-bond donors (Lipinski definition) is 1. The van der Waals surface area contributed by atoms with Crippen molar-refractivity contribution in [2.24, 2.45) is 0 Å². The van der Waals surface area contributed by atoms with Gasteiger partial charge in [-0.25, -0.2) is 0 Å². The van der Waals surface area contributed by atoms with Crippen LogP contribution in [0.2, 0.25) is 0 Å². The number of rotatable bonds is 7. The number of nitro groups is 1.